The molecule has 5 heteroatoms. The van der Waals surface area contributed by atoms with Gasteiger partial charge in [-0.25, -0.2) is 0 Å². The summed E-state index contributed by atoms with van der Waals surface area (Å²) in [6, 6.07) is 5.69. The minimum Gasteiger partial charge on any atom is -0.385 e. The third-order valence-corrected chi connectivity index (χ3v) is 2.25. The van der Waals surface area contributed by atoms with Gasteiger partial charge in [-0.15, -0.1) is 0 Å². The van der Waals surface area contributed by atoms with Crippen LogP contribution in [0.5, 0.6) is 0 Å². The fourth-order valence-corrected chi connectivity index (χ4v) is 1.31. The molecular weight excluding hydrogens is 218 g/mol. The van der Waals surface area contributed by atoms with Crippen LogP contribution < -0.4 is 0 Å². The Kier molecular flexibility index (Phi) is 3.81. The van der Waals surface area contributed by atoms with Gasteiger partial charge in [0, 0.05) is 5.56 Å². The van der Waals surface area contributed by atoms with Crippen molar-refractivity contribution in [2.24, 2.45) is 0 Å². The van der Waals surface area contributed by atoms with Gasteiger partial charge in [0.1, 0.15) is 6.10 Å². The van der Waals surface area contributed by atoms with Gasteiger partial charge in [-0.05, 0) is 17.7 Å². The first-order chi connectivity index (χ1) is 7.10. The number of carbonyl (C=O) groups is 1. The summed E-state index contributed by atoms with van der Waals surface area (Å²) in [5, 5.41) is 27.1. The minimum absolute atomic E-state index is 0.173. The molecular formula is C10H8ClNO3. The van der Waals surface area contributed by atoms with E-state index in [4.69, 9.17) is 22.0 Å². The molecule has 0 aliphatic heterocycles. The molecule has 0 aliphatic carbocycles. The van der Waals surface area contributed by atoms with Crippen molar-refractivity contribution in [1.82, 2.24) is 0 Å². The van der Waals surface area contributed by atoms with Gasteiger partial charge in [0.05, 0.1) is 11.1 Å². The molecule has 0 saturated carbocycles. The Morgan fingerprint density at radius 2 is 2.13 bits per heavy atom. The molecule has 0 fully saturated rings. The van der Waals surface area contributed by atoms with E-state index < -0.39 is 12.2 Å². The van der Waals surface area contributed by atoms with E-state index in [0.717, 1.165) is 0 Å². The molecule has 0 spiro atoms. The highest BCUT2D eigenvalue weighted by Gasteiger charge is 2.18. The lowest BCUT2D eigenvalue weighted by Gasteiger charge is -2.12. The average molecular weight is 226 g/mol. The second-order valence-corrected chi connectivity index (χ2v) is 3.32. The Bertz CT molecular complexity index is 414. The first kappa shape index (κ1) is 11.7. The van der Waals surface area contributed by atoms with E-state index in [1.54, 1.807) is 0 Å². The van der Waals surface area contributed by atoms with Crippen LogP contribution in [-0.4, -0.2) is 22.6 Å². The number of aliphatic hydroxyl groups excluding tert-OH is 2. The van der Waals surface area contributed by atoms with E-state index in [1.807, 2.05) is 0 Å². The predicted molar refractivity (Wildman–Crippen MR) is 53.4 cm³/mol. The van der Waals surface area contributed by atoms with E-state index in [-0.39, 0.29) is 5.02 Å². The Labute approximate surface area is 91.3 Å². The van der Waals surface area contributed by atoms with Gasteiger partial charge in [-0.3, -0.25) is 4.79 Å². The molecule has 0 amide bonds. The molecule has 2 unspecified atom stereocenters. The number of aliphatic hydroxyl groups is 2. The highest BCUT2D eigenvalue weighted by molar-refractivity contribution is 6.33. The van der Waals surface area contributed by atoms with Crippen LogP contribution in [0.4, 0.5) is 0 Å². The highest BCUT2D eigenvalue weighted by Crippen LogP contribution is 2.22. The van der Waals surface area contributed by atoms with Gasteiger partial charge in [-0.2, -0.15) is 5.26 Å². The van der Waals surface area contributed by atoms with Crippen molar-refractivity contribution in [3.63, 3.8) is 0 Å². The molecule has 1 rings (SSSR count). The summed E-state index contributed by atoms with van der Waals surface area (Å²) < 4.78 is 0. The topological polar surface area (TPSA) is 81.3 Å². The van der Waals surface area contributed by atoms with Crippen LogP contribution in [0.1, 0.15) is 22.0 Å². The third-order valence-electron chi connectivity index (χ3n) is 1.92. The summed E-state index contributed by atoms with van der Waals surface area (Å²) in [5.41, 5.74) is 0.582. The maximum atomic E-state index is 10.4. The molecule has 0 radical (unpaired) electrons. The smallest absolute Gasteiger partial charge is 0.170 e. The molecule has 1 aromatic carbocycles. The molecule has 78 valence electrons. The van der Waals surface area contributed by atoms with Crippen molar-refractivity contribution in [1.29, 1.82) is 5.26 Å². The maximum absolute atomic E-state index is 10.4. The van der Waals surface area contributed by atoms with Crippen molar-refractivity contribution < 1.29 is 15.0 Å². The monoisotopic (exact) mass is 225 g/mol. The lowest BCUT2D eigenvalue weighted by atomic mass is 10.0. The fraction of sp³-hybridized carbons (Fsp3) is 0.200. The molecule has 4 nitrogen and oxygen atoms in total. The summed E-state index contributed by atoms with van der Waals surface area (Å²) in [6.07, 6.45) is -2.25. The van der Waals surface area contributed by atoms with E-state index >= 15 is 0 Å². The number of benzene rings is 1. The Hall–Kier alpha value is -1.41. The zero-order valence-corrected chi connectivity index (χ0v) is 8.35. The van der Waals surface area contributed by atoms with Crippen LogP contribution in [0.2, 0.25) is 5.02 Å². The number of rotatable bonds is 3. The number of aldehydes is 1. The summed E-state index contributed by atoms with van der Waals surface area (Å²) in [5.74, 6) is 0. The zero-order valence-electron chi connectivity index (χ0n) is 7.59. The van der Waals surface area contributed by atoms with Crippen LogP contribution in [0.15, 0.2) is 18.2 Å². The molecule has 0 bridgehead atoms. The van der Waals surface area contributed by atoms with E-state index in [2.05, 4.69) is 0 Å². The van der Waals surface area contributed by atoms with Gasteiger partial charge >= 0.3 is 0 Å². The van der Waals surface area contributed by atoms with Crippen LogP contribution >= 0.6 is 11.6 Å². The molecule has 0 aliphatic rings. The SMILES string of the molecule is N#CC(O)C(O)c1ccc(C=O)c(Cl)c1. The molecule has 1 aromatic rings. The third kappa shape index (κ3) is 2.54. The minimum atomic E-state index is -1.51. The van der Waals surface area contributed by atoms with Crippen LogP contribution in [0.25, 0.3) is 0 Å². The molecule has 0 heterocycles. The summed E-state index contributed by atoms with van der Waals surface area (Å²) in [4.78, 5) is 10.4. The standard InChI is InChI=1S/C10H8ClNO3/c11-8-3-6(1-2-7(8)5-13)10(15)9(14)4-12/h1-3,5,9-10,14-15H. The Morgan fingerprint density at radius 1 is 1.47 bits per heavy atom. The second-order valence-electron chi connectivity index (χ2n) is 2.92. The number of halogens is 1. The van der Waals surface area contributed by atoms with Crippen molar-refractivity contribution in [2.45, 2.75) is 12.2 Å². The van der Waals surface area contributed by atoms with Crippen molar-refractivity contribution in [3.05, 3.63) is 34.3 Å². The number of hydrogen-bond acceptors (Lipinski definition) is 4. The van der Waals surface area contributed by atoms with E-state index in [9.17, 15) is 9.90 Å². The maximum Gasteiger partial charge on any atom is 0.170 e. The lowest BCUT2D eigenvalue weighted by Crippen LogP contribution is -2.15. The number of nitriles is 1. The Morgan fingerprint density at radius 3 is 2.60 bits per heavy atom. The zero-order chi connectivity index (χ0) is 11.4. The van der Waals surface area contributed by atoms with Gasteiger partial charge in [0.25, 0.3) is 0 Å². The van der Waals surface area contributed by atoms with Gasteiger partial charge in [0.15, 0.2) is 12.4 Å². The first-order valence-electron chi connectivity index (χ1n) is 4.10. The van der Waals surface area contributed by atoms with E-state index in [0.29, 0.717) is 17.4 Å². The summed E-state index contributed by atoms with van der Waals surface area (Å²) in [6.45, 7) is 0. The van der Waals surface area contributed by atoms with Crippen LogP contribution in [0.3, 0.4) is 0 Å². The summed E-state index contributed by atoms with van der Waals surface area (Å²) >= 11 is 5.71. The molecule has 15 heavy (non-hydrogen) atoms. The second kappa shape index (κ2) is 4.89. The normalized spacial score (nSPS) is 14.0. The predicted octanol–water partition coefficient (Wildman–Crippen LogP) is 1.07. The molecule has 2 atom stereocenters. The van der Waals surface area contributed by atoms with Gasteiger partial charge < -0.3 is 10.2 Å². The van der Waals surface area contributed by atoms with Crippen molar-refractivity contribution >= 4 is 17.9 Å². The van der Waals surface area contributed by atoms with Crippen LogP contribution in [0, 0.1) is 11.3 Å². The molecule has 0 saturated heterocycles. The fourth-order valence-electron chi connectivity index (χ4n) is 1.08. The molecule has 2 N–H and O–H groups in total. The van der Waals surface area contributed by atoms with E-state index in [1.165, 1.54) is 24.3 Å². The molecule has 0 aromatic heterocycles. The Balaban J connectivity index is 3.03. The first-order valence-corrected chi connectivity index (χ1v) is 4.48. The van der Waals surface area contributed by atoms with Crippen LogP contribution in [-0.2, 0) is 0 Å². The number of hydrogen-bond donors (Lipinski definition) is 2. The number of carbonyl (C=O) groups excluding carboxylic acids is 1. The largest absolute Gasteiger partial charge is 0.385 e. The average Bonchev–Trinajstić information content (AvgIpc) is 2.26. The van der Waals surface area contributed by atoms with Gasteiger partial charge in [-0.1, -0.05) is 17.7 Å². The van der Waals surface area contributed by atoms with Gasteiger partial charge in [0.2, 0.25) is 0 Å². The van der Waals surface area contributed by atoms with Crippen molar-refractivity contribution in [2.75, 3.05) is 0 Å². The highest BCUT2D eigenvalue weighted by atomic mass is 35.5. The quantitative estimate of drug-likeness (QED) is 0.596. The number of nitrogens with zero attached hydrogens (tertiary/aromatic N) is 1. The summed E-state index contributed by atoms with van der Waals surface area (Å²) in [7, 11) is 0. The lowest BCUT2D eigenvalue weighted by molar-refractivity contribution is 0.0528. The van der Waals surface area contributed by atoms with Crippen molar-refractivity contribution in [3.8, 4) is 6.07 Å².